The summed E-state index contributed by atoms with van der Waals surface area (Å²) in [5, 5.41) is 11.8. The first-order valence-corrected chi connectivity index (χ1v) is 8.85. The SMILES string of the molecule is N#Cc1ccc(OC2CCC(NC(=O)c3cccnc3)CC2)cc1C(F)(F)F. The largest absolute Gasteiger partial charge is 0.490 e. The van der Waals surface area contributed by atoms with Crippen molar-refractivity contribution < 1.29 is 22.7 Å². The molecule has 0 radical (unpaired) electrons. The van der Waals surface area contributed by atoms with Crippen LogP contribution in [0.2, 0.25) is 0 Å². The lowest BCUT2D eigenvalue weighted by atomic mass is 9.92. The Kier molecular flexibility index (Phi) is 5.83. The van der Waals surface area contributed by atoms with Crippen molar-refractivity contribution in [3.05, 3.63) is 59.4 Å². The summed E-state index contributed by atoms with van der Waals surface area (Å²) < 4.78 is 44.9. The zero-order valence-electron chi connectivity index (χ0n) is 14.9. The predicted molar refractivity (Wildman–Crippen MR) is 94.5 cm³/mol. The maximum absolute atomic E-state index is 13.1. The fourth-order valence-corrected chi connectivity index (χ4v) is 3.21. The molecule has 1 saturated carbocycles. The van der Waals surface area contributed by atoms with E-state index in [1.807, 2.05) is 0 Å². The van der Waals surface area contributed by atoms with Crippen LogP contribution in [0.15, 0.2) is 42.7 Å². The molecule has 28 heavy (non-hydrogen) atoms. The Labute approximate surface area is 160 Å². The molecular formula is C20H18F3N3O2. The van der Waals surface area contributed by atoms with Crippen LogP contribution < -0.4 is 10.1 Å². The van der Waals surface area contributed by atoms with E-state index in [1.54, 1.807) is 24.4 Å². The van der Waals surface area contributed by atoms with Crippen molar-refractivity contribution in [1.29, 1.82) is 5.26 Å². The second-order valence-electron chi connectivity index (χ2n) is 6.62. The Balaban J connectivity index is 1.56. The Morgan fingerprint density at radius 1 is 1.21 bits per heavy atom. The molecule has 0 saturated heterocycles. The quantitative estimate of drug-likeness (QED) is 0.855. The Morgan fingerprint density at radius 2 is 1.96 bits per heavy atom. The first-order valence-electron chi connectivity index (χ1n) is 8.85. The molecule has 0 spiro atoms. The summed E-state index contributed by atoms with van der Waals surface area (Å²) in [7, 11) is 0. The van der Waals surface area contributed by atoms with Crippen LogP contribution in [0.4, 0.5) is 13.2 Å². The summed E-state index contributed by atoms with van der Waals surface area (Å²) in [5.74, 6) is -0.103. The highest BCUT2D eigenvalue weighted by Gasteiger charge is 2.34. The highest BCUT2D eigenvalue weighted by molar-refractivity contribution is 5.94. The number of hydrogen-bond donors (Lipinski definition) is 1. The van der Waals surface area contributed by atoms with Crippen LogP contribution >= 0.6 is 0 Å². The molecule has 8 heteroatoms. The number of nitriles is 1. The number of rotatable bonds is 4. The van der Waals surface area contributed by atoms with Gasteiger partial charge in [-0.15, -0.1) is 0 Å². The first kappa shape index (κ1) is 19.7. The average molecular weight is 389 g/mol. The van der Waals surface area contributed by atoms with Crippen LogP contribution in [0.25, 0.3) is 0 Å². The van der Waals surface area contributed by atoms with E-state index in [0.717, 1.165) is 12.1 Å². The number of pyridine rings is 1. The molecule has 146 valence electrons. The lowest BCUT2D eigenvalue weighted by molar-refractivity contribution is -0.137. The monoisotopic (exact) mass is 389 g/mol. The molecular weight excluding hydrogens is 371 g/mol. The van der Waals surface area contributed by atoms with Crippen LogP contribution in [-0.4, -0.2) is 23.0 Å². The van der Waals surface area contributed by atoms with Crippen molar-refractivity contribution in [3.8, 4) is 11.8 Å². The summed E-state index contributed by atoms with van der Waals surface area (Å²) in [5.41, 5.74) is -0.940. The number of alkyl halides is 3. The summed E-state index contributed by atoms with van der Waals surface area (Å²) >= 11 is 0. The molecule has 1 aliphatic carbocycles. The van der Waals surface area contributed by atoms with E-state index in [2.05, 4.69) is 10.3 Å². The smallest absolute Gasteiger partial charge is 0.417 e. The number of nitrogens with zero attached hydrogens (tertiary/aromatic N) is 2. The lowest BCUT2D eigenvalue weighted by Gasteiger charge is -2.29. The van der Waals surface area contributed by atoms with E-state index < -0.39 is 17.3 Å². The third-order valence-corrected chi connectivity index (χ3v) is 4.65. The summed E-state index contributed by atoms with van der Waals surface area (Å²) in [6.07, 6.45) is 0.788. The van der Waals surface area contributed by atoms with Gasteiger partial charge in [0.1, 0.15) is 5.75 Å². The normalized spacial score (nSPS) is 19.5. The van der Waals surface area contributed by atoms with E-state index in [-0.39, 0.29) is 23.8 Å². The molecule has 3 rings (SSSR count). The van der Waals surface area contributed by atoms with Gasteiger partial charge < -0.3 is 10.1 Å². The van der Waals surface area contributed by atoms with Crippen molar-refractivity contribution in [3.63, 3.8) is 0 Å². The summed E-state index contributed by atoms with van der Waals surface area (Å²) in [6, 6.07) is 8.28. The third kappa shape index (κ3) is 4.80. The molecule has 1 heterocycles. The maximum Gasteiger partial charge on any atom is 0.417 e. The van der Waals surface area contributed by atoms with Crippen molar-refractivity contribution in [1.82, 2.24) is 10.3 Å². The number of halogens is 3. The fraction of sp³-hybridized carbons (Fsp3) is 0.350. The molecule has 1 aliphatic rings. The molecule has 2 aromatic rings. The minimum atomic E-state index is -4.61. The van der Waals surface area contributed by atoms with Gasteiger partial charge in [-0.25, -0.2) is 0 Å². The van der Waals surface area contributed by atoms with Crippen molar-refractivity contribution >= 4 is 5.91 Å². The van der Waals surface area contributed by atoms with E-state index in [0.29, 0.717) is 31.2 Å². The highest BCUT2D eigenvalue weighted by Crippen LogP contribution is 2.35. The molecule has 1 N–H and O–H groups in total. The van der Waals surface area contributed by atoms with E-state index >= 15 is 0 Å². The first-order chi connectivity index (χ1) is 13.4. The second kappa shape index (κ2) is 8.30. The van der Waals surface area contributed by atoms with Crippen LogP contribution in [-0.2, 0) is 6.18 Å². The summed E-state index contributed by atoms with van der Waals surface area (Å²) in [4.78, 5) is 16.1. The molecule has 5 nitrogen and oxygen atoms in total. The molecule has 0 unspecified atom stereocenters. The number of ether oxygens (including phenoxy) is 1. The van der Waals surface area contributed by atoms with Gasteiger partial charge in [0, 0.05) is 18.4 Å². The van der Waals surface area contributed by atoms with Gasteiger partial charge in [-0.05, 0) is 56.0 Å². The average Bonchev–Trinajstić information content (AvgIpc) is 2.69. The standard InChI is InChI=1S/C20H18F3N3O2/c21-20(22,23)18-10-17(6-3-13(18)11-24)28-16-7-4-15(5-8-16)26-19(27)14-2-1-9-25-12-14/h1-3,6,9-10,12,15-16H,4-5,7-8H2,(H,26,27). The van der Waals surface area contributed by atoms with E-state index in [4.69, 9.17) is 10.00 Å². The number of aromatic nitrogens is 1. The third-order valence-electron chi connectivity index (χ3n) is 4.65. The summed E-state index contributed by atoms with van der Waals surface area (Å²) in [6.45, 7) is 0. The Hall–Kier alpha value is -3.08. The zero-order chi connectivity index (χ0) is 20.1. The van der Waals surface area contributed by atoms with E-state index in [1.165, 1.54) is 12.3 Å². The number of amides is 1. The Bertz CT molecular complexity index is 871. The van der Waals surface area contributed by atoms with Gasteiger partial charge >= 0.3 is 6.18 Å². The lowest BCUT2D eigenvalue weighted by Crippen LogP contribution is -2.39. The van der Waals surface area contributed by atoms with Crippen LogP contribution in [0, 0.1) is 11.3 Å². The van der Waals surface area contributed by atoms with Crippen LogP contribution in [0.1, 0.15) is 47.2 Å². The van der Waals surface area contributed by atoms with Gasteiger partial charge in [0.2, 0.25) is 0 Å². The van der Waals surface area contributed by atoms with Gasteiger partial charge in [-0.2, -0.15) is 18.4 Å². The predicted octanol–water partition coefficient (Wildman–Crippen LogP) is 4.09. The topological polar surface area (TPSA) is 75.0 Å². The van der Waals surface area contributed by atoms with Crippen LogP contribution in [0.5, 0.6) is 5.75 Å². The van der Waals surface area contributed by atoms with Crippen molar-refractivity contribution in [2.24, 2.45) is 0 Å². The highest BCUT2D eigenvalue weighted by atomic mass is 19.4. The van der Waals surface area contributed by atoms with Gasteiger partial charge in [0.05, 0.1) is 28.9 Å². The number of nitrogens with one attached hydrogen (secondary N) is 1. The number of benzene rings is 1. The molecule has 0 atom stereocenters. The molecule has 0 aliphatic heterocycles. The number of hydrogen-bond acceptors (Lipinski definition) is 4. The van der Waals surface area contributed by atoms with Gasteiger partial charge in [-0.3, -0.25) is 9.78 Å². The second-order valence-corrected chi connectivity index (χ2v) is 6.62. The minimum Gasteiger partial charge on any atom is -0.490 e. The molecule has 1 fully saturated rings. The van der Waals surface area contributed by atoms with E-state index in [9.17, 15) is 18.0 Å². The molecule has 1 aromatic carbocycles. The van der Waals surface area contributed by atoms with Gasteiger partial charge in [0.15, 0.2) is 0 Å². The minimum absolute atomic E-state index is 0.0146. The number of carbonyl (C=O) groups excluding carboxylic acids is 1. The Morgan fingerprint density at radius 3 is 2.57 bits per heavy atom. The molecule has 1 amide bonds. The number of carbonyl (C=O) groups is 1. The van der Waals surface area contributed by atoms with Gasteiger partial charge in [0.25, 0.3) is 5.91 Å². The molecule has 1 aromatic heterocycles. The van der Waals surface area contributed by atoms with Gasteiger partial charge in [-0.1, -0.05) is 0 Å². The fourth-order valence-electron chi connectivity index (χ4n) is 3.21. The van der Waals surface area contributed by atoms with Crippen molar-refractivity contribution in [2.45, 2.75) is 44.0 Å². The van der Waals surface area contributed by atoms with Crippen molar-refractivity contribution in [2.75, 3.05) is 0 Å². The van der Waals surface area contributed by atoms with Crippen LogP contribution in [0.3, 0.4) is 0 Å². The maximum atomic E-state index is 13.1. The molecule has 0 bridgehead atoms. The zero-order valence-corrected chi connectivity index (χ0v) is 14.9.